The van der Waals surface area contributed by atoms with Crippen molar-refractivity contribution in [2.24, 2.45) is 0 Å². The van der Waals surface area contributed by atoms with Gasteiger partial charge in [-0.1, -0.05) is 0 Å². The highest BCUT2D eigenvalue weighted by Crippen LogP contribution is 2.24. The molecule has 0 atom stereocenters. The first-order valence-corrected chi connectivity index (χ1v) is 6.33. The van der Waals surface area contributed by atoms with Crippen molar-refractivity contribution in [3.8, 4) is 0 Å². The smallest absolute Gasteiger partial charge is 0.256 e. The first-order valence-electron chi connectivity index (χ1n) is 6.33. The van der Waals surface area contributed by atoms with Gasteiger partial charge in [0.1, 0.15) is 6.33 Å². The number of aromatic nitrogens is 2. The fraction of sp³-hybridized carbons (Fsp3) is 0.500. The van der Waals surface area contributed by atoms with Gasteiger partial charge >= 0.3 is 0 Å². The van der Waals surface area contributed by atoms with Gasteiger partial charge in [0.15, 0.2) is 5.96 Å². The van der Waals surface area contributed by atoms with Crippen molar-refractivity contribution < 1.29 is 4.79 Å². The standard InChI is InChI=1S/C12H16N6O/c13-11-16-7-12(17-11)1-3-18(4-2-12)10(19)9-5-14-8-15-6-9/h5-6,8H,1-4,7H2,(H3,13,16,17). The van der Waals surface area contributed by atoms with Crippen molar-refractivity contribution in [2.75, 3.05) is 19.6 Å². The SMILES string of the molecule is N=C1NCC2(CCN(C(=O)c3cncnc3)CC2)N1. The Morgan fingerprint density at radius 1 is 1.32 bits per heavy atom. The van der Waals surface area contributed by atoms with Gasteiger partial charge in [-0.05, 0) is 12.8 Å². The number of hydrogen-bond acceptors (Lipinski definition) is 4. The van der Waals surface area contributed by atoms with Crippen LogP contribution in [0.2, 0.25) is 0 Å². The molecule has 2 aliphatic rings. The van der Waals surface area contributed by atoms with Crippen LogP contribution in [-0.2, 0) is 0 Å². The van der Waals surface area contributed by atoms with Crippen LogP contribution in [0, 0.1) is 5.41 Å². The average Bonchev–Trinajstić information content (AvgIpc) is 2.81. The zero-order chi connectivity index (χ0) is 13.3. The maximum atomic E-state index is 12.2. The number of carbonyl (C=O) groups excluding carboxylic acids is 1. The molecule has 0 aliphatic carbocycles. The summed E-state index contributed by atoms with van der Waals surface area (Å²) in [7, 11) is 0. The minimum Gasteiger partial charge on any atom is -0.354 e. The largest absolute Gasteiger partial charge is 0.354 e. The van der Waals surface area contributed by atoms with Gasteiger partial charge in [0.05, 0.1) is 11.1 Å². The van der Waals surface area contributed by atoms with Crippen LogP contribution < -0.4 is 10.6 Å². The Labute approximate surface area is 110 Å². The highest BCUT2D eigenvalue weighted by atomic mass is 16.2. The molecule has 19 heavy (non-hydrogen) atoms. The van der Waals surface area contributed by atoms with Crippen LogP contribution >= 0.6 is 0 Å². The Morgan fingerprint density at radius 3 is 2.58 bits per heavy atom. The average molecular weight is 260 g/mol. The summed E-state index contributed by atoms with van der Waals surface area (Å²) in [6.45, 7) is 2.15. The van der Waals surface area contributed by atoms with Crippen LogP contribution in [-0.4, -0.2) is 51.9 Å². The lowest BCUT2D eigenvalue weighted by Crippen LogP contribution is -2.53. The minimum atomic E-state index is -0.0545. The number of hydrogen-bond donors (Lipinski definition) is 3. The summed E-state index contributed by atoms with van der Waals surface area (Å²) in [5.74, 6) is 0.368. The Bertz CT molecular complexity index is 494. The first-order chi connectivity index (χ1) is 9.19. The van der Waals surface area contributed by atoms with Gasteiger partial charge in [-0.3, -0.25) is 10.2 Å². The summed E-state index contributed by atoms with van der Waals surface area (Å²) >= 11 is 0. The van der Waals surface area contributed by atoms with Crippen LogP contribution in [0.1, 0.15) is 23.2 Å². The topological polar surface area (TPSA) is 94.0 Å². The van der Waals surface area contributed by atoms with E-state index in [1.165, 1.54) is 6.33 Å². The molecule has 0 aromatic carbocycles. The third-order valence-corrected chi connectivity index (χ3v) is 3.81. The summed E-state index contributed by atoms with van der Waals surface area (Å²) in [5.41, 5.74) is 0.477. The van der Waals surface area contributed by atoms with E-state index in [-0.39, 0.29) is 11.4 Å². The second kappa shape index (κ2) is 4.49. The number of likely N-dealkylation sites (tertiary alicyclic amines) is 1. The van der Waals surface area contributed by atoms with Gasteiger partial charge in [0.2, 0.25) is 0 Å². The zero-order valence-corrected chi connectivity index (χ0v) is 10.5. The molecule has 2 saturated heterocycles. The van der Waals surface area contributed by atoms with E-state index in [1.807, 2.05) is 4.90 Å². The van der Waals surface area contributed by atoms with Crippen molar-refractivity contribution in [3.63, 3.8) is 0 Å². The molecule has 1 amide bonds. The Kier molecular flexibility index (Phi) is 2.81. The number of nitrogens with zero attached hydrogens (tertiary/aromatic N) is 3. The van der Waals surface area contributed by atoms with Crippen LogP contribution in [0.15, 0.2) is 18.7 Å². The number of nitrogens with one attached hydrogen (secondary N) is 3. The van der Waals surface area contributed by atoms with Crippen molar-refractivity contribution in [1.82, 2.24) is 25.5 Å². The molecule has 3 rings (SSSR count). The number of rotatable bonds is 1. The van der Waals surface area contributed by atoms with E-state index in [0.29, 0.717) is 24.6 Å². The van der Waals surface area contributed by atoms with E-state index < -0.39 is 0 Å². The fourth-order valence-corrected chi connectivity index (χ4v) is 2.64. The molecule has 1 aromatic heterocycles. The van der Waals surface area contributed by atoms with Crippen molar-refractivity contribution in [2.45, 2.75) is 18.4 Å². The molecule has 7 nitrogen and oxygen atoms in total. The van der Waals surface area contributed by atoms with Crippen LogP contribution in [0.5, 0.6) is 0 Å². The Morgan fingerprint density at radius 2 is 2.00 bits per heavy atom. The Balaban J connectivity index is 1.64. The number of carbonyl (C=O) groups is 1. The summed E-state index contributed by atoms with van der Waals surface area (Å²) in [4.78, 5) is 21.8. The molecule has 2 aliphatic heterocycles. The van der Waals surface area contributed by atoms with Crippen LogP contribution in [0.4, 0.5) is 0 Å². The molecule has 1 spiro atoms. The molecular weight excluding hydrogens is 244 g/mol. The second-order valence-electron chi connectivity index (χ2n) is 5.05. The summed E-state index contributed by atoms with van der Waals surface area (Å²) in [6.07, 6.45) is 6.21. The van der Waals surface area contributed by atoms with E-state index in [9.17, 15) is 4.79 Å². The summed E-state index contributed by atoms with van der Waals surface area (Å²) < 4.78 is 0. The fourth-order valence-electron chi connectivity index (χ4n) is 2.64. The van der Waals surface area contributed by atoms with E-state index in [0.717, 1.165) is 19.4 Å². The van der Waals surface area contributed by atoms with Gasteiger partial charge in [-0.15, -0.1) is 0 Å². The van der Waals surface area contributed by atoms with Crippen LogP contribution in [0.25, 0.3) is 0 Å². The maximum absolute atomic E-state index is 12.2. The molecule has 0 saturated carbocycles. The lowest BCUT2D eigenvalue weighted by Gasteiger charge is -2.38. The van der Waals surface area contributed by atoms with Crippen molar-refractivity contribution in [3.05, 3.63) is 24.3 Å². The summed E-state index contributed by atoms with van der Waals surface area (Å²) in [5, 5.41) is 13.7. The maximum Gasteiger partial charge on any atom is 0.256 e. The normalized spacial score (nSPS) is 21.1. The lowest BCUT2D eigenvalue weighted by atomic mass is 9.88. The van der Waals surface area contributed by atoms with Gasteiger partial charge < -0.3 is 15.5 Å². The molecule has 100 valence electrons. The van der Waals surface area contributed by atoms with E-state index in [4.69, 9.17) is 5.41 Å². The minimum absolute atomic E-state index is 0.0171. The molecule has 7 heteroatoms. The third kappa shape index (κ3) is 2.23. The monoisotopic (exact) mass is 260 g/mol. The van der Waals surface area contributed by atoms with Crippen molar-refractivity contribution >= 4 is 11.9 Å². The van der Waals surface area contributed by atoms with Gasteiger partial charge in [-0.25, -0.2) is 9.97 Å². The van der Waals surface area contributed by atoms with E-state index in [2.05, 4.69) is 20.6 Å². The predicted octanol–water partition coefficient (Wildman–Crippen LogP) is -0.421. The highest BCUT2D eigenvalue weighted by Gasteiger charge is 2.40. The number of guanidine groups is 1. The van der Waals surface area contributed by atoms with Gasteiger partial charge in [-0.2, -0.15) is 0 Å². The number of piperidine rings is 1. The molecule has 2 fully saturated rings. The molecule has 0 bridgehead atoms. The Hall–Kier alpha value is -2.18. The summed E-state index contributed by atoms with van der Waals surface area (Å²) in [6, 6.07) is 0. The molecule has 0 unspecified atom stereocenters. The molecule has 0 radical (unpaired) electrons. The molecule has 3 heterocycles. The quantitative estimate of drug-likeness (QED) is 0.637. The van der Waals surface area contributed by atoms with Gasteiger partial charge in [0.25, 0.3) is 5.91 Å². The van der Waals surface area contributed by atoms with Gasteiger partial charge in [0, 0.05) is 32.0 Å². The predicted molar refractivity (Wildman–Crippen MR) is 68.8 cm³/mol. The highest BCUT2D eigenvalue weighted by molar-refractivity contribution is 5.93. The lowest BCUT2D eigenvalue weighted by molar-refractivity contribution is 0.0668. The van der Waals surface area contributed by atoms with Crippen molar-refractivity contribution in [1.29, 1.82) is 5.41 Å². The first kappa shape index (κ1) is 11.9. The third-order valence-electron chi connectivity index (χ3n) is 3.81. The molecular formula is C12H16N6O. The molecule has 3 N–H and O–H groups in total. The zero-order valence-electron chi connectivity index (χ0n) is 10.5. The van der Waals surface area contributed by atoms with E-state index >= 15 is 0 Å². The van der Waals surface area contributed by atoms with Crippen LogP contribution in [0.3, 0.4) is 0 Å². The molecule has 1 aromatic rings. The number of amides is 1. The second-order valence-corrected chi connectivity index (χ2v) is 5.05. The van der Waals surface area contributed by atoms with E-state index in [1.54, 1.807) is 12.4 Å².